The molecule has 4 rings (SSSR count). The second-order valence-corrected chi connectivity index (χ2v) is 7.22. The molecule has 2 aliphatic rings. The fourth-order valence-electron chi connectivity index (χ4n) is 4.37. The van der Waals surface area contributed by atoms with Crippen molar-refractivity contribution >= 4 is 11.4 Å². The third-order valence-electron chi connectivity index (χ3n) is 5.70. The van der Waals surface area contributed by atoms with Crippen molar-refractivity contribution in [3.8, 4) is 0 Å². The van der Waals surface area contributed by atoms with E-state index in [-0.39, 0.29) is 0 Å². The molecule has 1 aromatic heterocycles. The SMILES string of the molecule is O=c1c(NCc2ccco2)c(NCC2CCCN3CCCCC23)c1=O. The van der Waals surface area contributed by atoms with E-state index in [1.165, 1.54) is 45.2 Å². The van der Waals surface area contributed by atoms with Crippen molar-refractivity contribution in [3.05, 3.63) is 44.6 Å². The van der Waals surface area contributed by atoms with E-state index in [1.807, 2.05) is 6.07 Å². The van der Waals surface area contributed by atoms with Crippen molar-refractivity contribution in [1.82, 2.24) is 4.90 Å². The summed E-state index contributed by atoms with van der Waals surface area (Å²) in [7, 11) is 0. The van der Waals surface area contributed by atoms with E-state index in [9.17, 15) is 9.59 Å². The Balaban J connectivity index is 1.38. The molecule has 0 spiro atoms. The number of furan rings is 1. The molecule has 1 aromatic carbocycles. The maximum absolute atomic E-state index is 11.9. The van der Waals surface area contributed by atoms with Gasteiger partial charge in [-0.1, -0.05) is 6.42 Å². The molecule has 25 heavy (non-hydrogen) atoms. The van der Waals surface area contributed by atoms with E-state index in [2.05, 4.69) is 15.5 Å². The van der Waals surface area contributed by atoms with E-state index >= 15 is 0 Å². The van der Waals surface area contributed by atoms with Crippen LogP contribution in [0.15, 0.2) is 32.4 Å². The van der Waals surface area contributed by atoms with Crippen LogP contribution in [0.5, 0.6) is 0 Å². The van der Waals surface area contributed by atoms with Crippen molar-refractivity contribution in [2.24, 2.45) is 5.92 Å². The van der Waals surface area contributed by atoms with E-state index in [0.29, 0.717) is 29.9 Å². The van der Waals surface area contributed by atoms with Crippen LogP contribution < -0.4 is 21.5 Å². The van der Waals surface area contributed by atoms with Crippen LogP contribution >= 0.6 is 0 Å². The Labute approximate surface area is 146 Å². The molecule has 2 atom stereocenters. The highest BCUT2D eigenvalue weighted by molar-refractivity contribution is 5.73. The highest BCUT2D eigenvalue weighted by Gasteiger charge is 2.33. The average molecular weight is 343 g/mol. The maximum atomic E-state index is 11.9. The first-order chi connectivity index (χ1) is 12.2. The van der Waals surface area contributed by atoms with Gasteiger partial charge in [0.1, 0.15) is 17.1 Å². The zero-order chi connectivity index (χ0) is 17.2. The van der Waals surface area contributed by atoms with E-state index in [4.69, 9.17) is 4.42 Å². The normalized spacial score (nSPS) is 24.2. The van der Waals surface area contributed by atoms with Gasteiger partial charge in [-0.2, -0.15) is 0 Å². The Morgan fingerprint density at radius 1 is 1.04 bits per heavy atom. The number of nitrogens with one attached hydrogen (secondary N) is 2. The van der Waals surface area contributed by atoms with Gasteiger partial charge >= 0.3 is 0 Å². The topological polar surface area (TPSA) is 74.6 Å². The lowest BCUT2D eigenvalue weighted by molar-refractivity contribution is 0.0649. The number of anilines is 2. The largest absolute Gasteiger partial charge is 0.467 e. The van der Waals surface area contributed by atoms with E-state index < -0.39 is 10.9 Å². The fourth-order valence-corrected chi connectivity index (χ4v) is 4.37. The molecule has 2 saturated heterocycles. The predicted molar refractivity (Wildman–Crippen MR) is 97.8 cm³/mol. The molecule has 0 saturated carbocycles. The first-order valence-electron chi connectivity index (χ1n) is 9.31. The highest BCUT2D eigenvalue weighted by Crippen LogP contribution is 2.31. The molecule has 2 N–H and O–H groups in total. The van der Waals surface area contributed by atoms with Gasteiger partial charge in [-0.25, -0.2) is 0 Å². The fraction of sp³-hybridized carbons (Fsp3) is 0.579. The lowest BCUT2D eigenvalue weighted by atomic mass is 9.83. The number of hydrogen-bond acceptors (Lipinski definition) is 6. The predicted octanol–water partition coefficient (Wildman–Crippen LogP) is 2.16. The number of hydrogen-bond donors (Lipinski definition) is 2. The van der Waals surface area contributed by atoms with Crippen LogP contribution in [0, 0.1) is 5.92 Å². The van der Waals surface area contributed by atoms with Crippen LogP contribution in [0.4, 0.5) is 11.4 Å². The quantitative estimate of drug-likeness (QED) is 0.783. The first kappa shape index (κ1) is 16.4. The van der Waals surface area contributed by atoms with Gasteiger partial charge < -0.3 is 20.0 Å². The van der Waals surface area contributed by atoms with E-state index in [1.54, 1.807) is 12.3 Å². The minimum Gasteiger partial charge on any atom is -0.467 e. The van der Waals surface area contributed by atoms with Crippen molar-refractivity contribution in [3.63, 3.8) is 0 Å². The summed E-state index contributed by atoms with van der Waals surface area (Å²) < 4.78 is 5.26. The van der Waals surface area contributed by atoms with Gasteiger partial charge in [0.25, 0.3) is 10.9 Å². The summed E-state index contributed by atoms with van der Waals surface area (Å²) in [5, 5.41) is 6.31. The summed E-state index contributed by atoms with van der Waals surface area (Å²) >= 11 is 0. The molecule has 6 heteroatoms. The van der Waals surface area contributed by atoms with Crippen molar-refractivity contribution in [2.45, 2.75) is 44.7 Å². The van der Waals surface area contributed by atoms with Crippen molar-refractivity contribution < 1.29 is 4.42 Å². The van der Waals surface area contributed by atoms with Gasteiger partial charge in [-0.15, -0.1) is 0 Å². The van der Waals surface area contributed by atoms with Crippen molar-refractivity contribution in [2.75, 3.05) is 30.3 Å². The standard InChI is InChI=1S/C19H25N3O3/c23-18-16(17(19(18)24)21-12-14-6-4-10-25-14)20-11-13-5-3-9-22-8-2-1-7-15(13)22/h4,6,10,13,15,20-21H,1-3,5,7-9,11-12H2. The zero-order valence-electron chi connectivity index (χ0n) is 14.4. The summed E-state index contributed by atoms with van der Waals surface area (Å²) in [4.78, 5) is 26.4. The lowest BCUT2D eigenvalue weighted by Crippen LogP contribution is -2.50. The zero-order valence-corrected chi connectivity index (χ0v) is 14.4. The third-order valence-corrected chi connectivity index (χ3v) is 5.70. The maximum Gasteiger partial charge on any atom is 0.253 e. The van der Waals surface area contributed by atoms with Crippen LogP contribution in [0.2, 0.25) is 0 Å². The average Bonchev–Trinajstić information content (AvgIpc) is 3.17. The Bertz CT molecular complexity index is 774. The minimum absolute atomic E-state index is 0.401. The highest BCUT2D eigenvalue weighted by atomic mass is 16.3. The molecule has 134 valence electrons. The van der Waals surface area contributed by atoms with Crippen LogP contribution in [-0.4, -0.2) is 30.6 Å². The second kappa shape index (κ2) is 7.04. The molecule has 0 bridgehead atoms. The van der Waals surface area contributed by atoms with Crippen LogP contribution in [-0.2, 0) is 6.54 Å². The van der Waals surface area contributed by atoms with Crippen LogP contribution in [0.1, 0.15) is 37.9 Å². The molecular weight excluding hydrogens is 318 g/mol. The van der Waals surface area contributed by atoms with Crippen LogP contribution in [0.25, 0.3) is 0 Å². The number of rotatable bonds is 6. The molecule has 0 amide bonds. The molecule has 3 heterocycles. The molecule has 2 unspecified atom stereocenters. The molecule has 2 aromatic rings. The second-order valence-electron chi connectivity index (χ2n) is 7.22. The smallest absolute Gasteiger partial charge is 0.253 e. The molecular formula is C19H25N3O3. The molecule has 2 fully saturated rings. The Hall–Kier alpha value is -2.08. The van der Waals surface area contributed by atoms with Gasteiger partial charge in [0.2, 0.25) is 0 Å². The van der Waals surface area contributed by atoms with E-state index in [0.717, 1.165) is 12.3 Å². The summed E-state index contributed by atoms with van der Waals surface area (Å²) in [5.41, 5.74) is 0.0115. The Kier molecular flexibility index (Phi) is 4.61. The summed E-state index contributed by atoms with van der Waals surface area (Å²) in [6.45, 7) is 3.59. The monoisotopic (exact) mass is 343 g/mol. The Morgan fingerprint density at radius 3 is 2.64 bits per heavy atom. The summed E-state index contributed by atoms with van der Waals surface area (Å²) in [5.74, 6) is 1.29. The van der Waals surface area contributed by atoms with Gasteiger partial charge in [-0.05, 0) is 56.8 Å². The lowest BCUT2D eigenvalue weighted by Gasteiger charge is -2.44. The van der Waals surface area contributed by atoms with Gasteiger partial charge in [0.15, 0.2) is 0 Å². The molecule has 0 aliphatic carbocycles. The number of piperidine rings is 2. The van der Waals surface area contributed by atoms with Gasteiger partial charge in [-0.3, -0.25) is 9.59 Å². The Morgan fingerprint density at radius 2 is 1.84 bits per heavy atom. The summed E-state index contributed by atoms with van der Waals surface area (Å²) in [6.07, 6.45) is 7.86. The van der Waals surface area contributed by atoms with Crippen LogP contribution in [0.3, 0.4) is 0 Å². The van der Waals surface area contributed by atoms with Crippen molar-refractivity contribution in [1.29, 1.82) is 0 Å². The minimum atomic E-state index is -0.433. The molecule has 0 radical (unpaired) electrons. The number of fused-ring (bicyclic) bond motifs is 1. The molecule has 6 nitrogen and oxygen atoms in total. The first-order valence-corrected chi connectivity index (χ1v) is 9.31. The number of nitrogens with zero attached hydrogens (tertiary/aromatic N) is 1. The van der Waals surface area contributed by atoms with Gasteiger partial charge in [0.05, 0.1) is 12.8 Å². The molecule has 2 aliphatic heterocycles. The van der Waals surface area contributed by atoms with Gasteiger partial charge in [0, 0.05) is 12.6 Å². The third kappa shape index (κ3) is 3.23. The summed E-state index contributed by atoms with van der Waals surface area (Å²) in [6, 6.07) is 4.27.